The summed E-state index contributed by atoms with van der Waals surface area (Å²) in [6, 6.07) is 12.6. The minimum absolute atomic E-state index is 0.0568. The number of aryl methyl sites for hydroxylation is 1. The smallest absolute Gasteiger partial charge is 0.241 e. The fourth-order valence-corrected chi connectivity index (χ4v) is 4.84. The summed E-state index contributed by atoms with van der Waals surface area (Å²) in [6.07, 6.45) is 4.71. The number of benzene rings is 2. The summed E-state index contributed by atoms with van der Waals surface area (Å²) in [5.74, 6) is 0.612. The van der Waals surface area contributed by atoms with Crippen LogP contribution >= 0.6 is 11.6 Å². The number of imidazole rings is 1. The predicted octanol–water partition coefficient (Wildman–Crippen LogP) is 3.27. The molecule has 4 rings (SSSR count). The van der Waals surface area contributed by atoms with E-state index in [1.807, 2.05) is 0 Å². The molecular formula is C21H21ClN4O3S. The van der Waals surface area contributed by atoms with Gasteiger partial charge in [0.1, 0.15) is 11.9 Å². The fraction of sp³-hybridized carbons (Fsp3) is 0.238. The molecule has 1 amide bonds. The second-order valence-electron chi connectivity index (χ2n) is 7.15. The molecule has 2 aromatic carbocycles. The Morgan fingerprint density at radius 1 is 1.10 bits per heavy atom. The molecule has 1 saturated heterocycles. The number of nitrogens with one attached hydrogen (secondary N) is 1. The van der Waals surface area contributed by atoms with Crippen LogP contribution in [0.5, 0.6) is 0 Å². The van der Waals surface area contributed by atoms with Crippen LogP contribution in [0.25, 0.3) is 0 Å². The van der Waals surface area contributed by atoms with Crippen molar-refractivity contribution in [2.24, 2.45) is 7.05 Å². The van der Waals surface area contributed by atoms with Crippen molar-refractivity contribution in [1.82, 2.24) is 14.3 Å². The molecule has 1 fully saturated rings. The summed E-state index contributed by atoms with van der Waals surface area (Å²) < 4.78 is 30.8. The Bertz CT molecular complexity index is 1160. The number of carbonyl (C=O) groups excluding carboxylic acids is 1. The second-order valence-corrected chi connectivity index (χ2v) is 9.30. The Balaban J connectivity index is 1.64. The van der Waals surface area contributed by atoms with Gasteiger partial charge in [0, 0.05) is 43.1 Å². The Morgan fingerprint density at radius 3 is 2.37 bits per heavy atom. The van der Waals surface area contributed by atoms with E-state index < -0.39 is 16.1 Å². The van der Waals surface area contributed by atoms with Gasteiger partial charge >= 0.3 is 0 Å². The Hall–Kier alpha value is -2.68. The van der Waals surface area contributed by atoms with E-state index in [0.29, 0.717) is 29.5 Å². The first-order valence-corrected chi connectivity index (χ1v) is 11.4. The van der Waals surface area contributed by atoms with E-state index in [1.54, 1.807) is 65.3 Å². The number of anilines is 1. The van der Waals surface area contributed by atoms with E-state index in [-0.39, 0.29) is 10.8 Å². The van der Waals surface area contributed by atoms with E-state index in [0.717, 1.165) is 12.0 Å². The molecule has 1 aliphatic rings. The SMILES string of the molecule is Cn1ccnc1C(NS(=O)(=O)c1ccc(N2CCCC2=O)cc1)c1ccc(Cl)cc1. The van der Waals surface area contributed by atoms with Gasteiger partial charge in [-0.05, 0) is 48.4 Å². The first kappa shape index (κ1) is 20.6. The van der Waals surface area contributed by atoms with Crippen LogP contribution in [0.4, 0.5) is 5.69 Å². The molecule has 30 heavy (non-hydrogen) atoms. The number of sulfonamides is 1. The van der Waals surface area contributed by atoms with E-state index in [2.05, 4.69) is 9.71 Å². The van der Waals surface area contributed by atoms with Crippen molar-refractivity contribution < 1.29 is 13.2 Å². The molecule has 156 valence electrons. The van der Waals surface area contributed by atoms with E-state index in [4.69, 9.17) is 11.6 Å². The lowest BCUT2D eigenvalue weighted by molar-refractivity contribution is -0.117. The molecule has 1 atom stereocenters. The Morgan fingerprint density at radius 2 is 1.80 bits per heavy atom. The highest BCUT2D eigenvalue weighted by molar-refractivity contribution is 7.89. The number of carbonyl (C=O) groups is 1. The zero-order valence-corrected chi connectivity index (χ0v) is 17.9. The minimum atomic E-state index is -3.85. The van der Waals surface area contributed by atoms with Gasteiger partial charge in [0.05, 0.1) is 4.90 Å². The third kappa shape index (κ3) is 4.12. The van der Waals surface area contributed by atoms with Crippen LogP contribution in [0.2, 0.25) is 5.02 Å². The first-order chi connectivity index (χ1) is 14.3. The molecular weight excluding hydrogens is 424 g/mol. The van der Waals surface area contributed by atoms with Crippen LogP contribution < -0.4 is 9.62 Å². The van der Waals surface area contributed by atoms with Crippen molar-refractivity contribution in [3.63, 3.8) is 0 Å². The predicted molar refractivity (Wildman–Crippen MR) is 115 cm³/mol. The fourth-order valence-electron chi connectivity index (χ4n) is 3.53. The molecule has 1 N–H and O–H groups in total. The maximum absolute atomic E-state index is 13.1. The second kappa shape index (κ2) is 8.22. The van der Waals surface area contributed by atoms with Gasteiger partial charge in [-0.2, -0.15) is 4.72 Å². The maximum atomic E-state index is 13.1. The zero-order valence-electron chi connectivity index (χ0n) is 16.3. The van der Waals surface area contributed by atoms with Crippen molar-refractivity contribution >= 4 is 33.2 Å². The Labute approximate surface area is 180 Å². The van der Waals surface area contributed by atoms with Gasteiger partial charge < -0.3 is 9.47 Å². The topological polar surface area (TPSA) is 84.3 Å². The first-order valence-electron chi connectivity index (χ1n) is 9.50. The summed E-state index contributed by atoms with van der Waals surface area (Å²) in [6.45, 7) is 0.654. The van der Waals surface area contributed by atoms with Gasteiger partial charge in [-0.3, -0.25) is 4.79 Å². The molecule has 0 spiro atoms. The van der Waals surface area contributed by atoms with Gasteiger partial charge in [-0.1, -0.05) is 23.7 Å². The van der Waals surface area contributed by atoms with Gasteiger partial charge in [-0.25, -0.2) is 13.4 Å². The van der Waals surface area contributed by atoms with Crippen LogP contribution in [0.3, 0.4) is 0 Å². The lowest BCUT2D eigenvalue weighted by Gasteiger charge is -2.20. The van der Waals surface area contributed by atoms with Crippen LogP contribution in [-0.2, 0) is 21.9 Å². The van der Waals surface area contributed by atoms with E-state index in [1.165, 1.54) is 12.1 Å². The molecule has 9 heteroatoms. The van der Waals surface area contributed by atoms with Crippen molar-refractivity contribution in [3.05, 3.63) is 77.3 Å². The minimum Gasteiger partial charge on any atom is -0.336 e. The average Bonchev–Trinajstić information content (AvgIpc) is 3.35. The highest BCUT2D eigenvalue weighted by Gasteiger charge is 2.27. The molecule has 1 aromatic heterocycles. The molecule has 1 aliphatic heterocycles. The molecule has 0 bridgehead atoms. The lowest BCUT2D eigenvalue weighted by Crippen LogP contribution is -2.31. The van der Waals surface area contributed by atoms with Gasteiger partial charge in [0.25, 0.3) is 0 Å². The largest absolute Gasteiger partial charge is 0.336 e. The number of amides is 1. The van der Waals surface area contributed by atoms with E-state index >= 15 is 0 Å². The Kier molecular flexibility index (Phi) is 5.64. The third-order valence-electron chi connectivity index (χ3n) is 5.13. The van der Waals surface area contributed by atoms with Crippen molar-refractivity contribution in [2.75, 3.05) is 11.4 Å². The maximum Gasteiger partial charge on any atom is 0.241 e. The molecule has 7 nitrogen and oxygen atoms in total. The molecule has 0 aliphatic carbocycles. The van der Waals surface area contributed by atoms with Crippen LogP contribution in [0.15, 0.2) is 65.8 Å². The monoisotopic (exact) mass is 444 g/mol. The van der Waals surface area contributed by atoms with Crippen LogP contribution in [0.1, 0.15) is 30.3 Å². The number of hydrogen-bond acceptors (Lipinski definition) is 4. The standard InChI is InChI=1S/C21H21ClN4O3S/c1-25-14-12-23-21(25)20(15-4-6-16(22)7-5-15)24-30(28,29)18-10-8-17(9-11-18)26-13-2-3-19(26)27/h4-12,14,20,24H,2-3,13H2,1H3. The van der Waals surface area contributed by atoms with Crippen LogP contribution in [0, 0.1) is 0 Å². The molecule has 1 unspecified atom stereocenters. The van der Waals surface area contributed by atoms with Crippen LogP contribution in [-0.4, -0.2) is 30.4 Å². The van der Waals surface area contributed by atoms with Gasteiger partial charge in [0.2, 0.25) is 15.9 Å². The number of aromatic nitrogens is 2. The zero-order chi connectivity index (χ0) is 21.3. The number of nitrogens with zero attached hydrogens (tertiary/aromatic N) is 3. The van der Waals surface area contributed by atoms with Crippen molar-refractivity contribution in [1.29, 1.82) is 0 Å². The summed E-state index contributed by atoms with van der Waals surface area (Å²) in [5.41, 5.74) is 1.42. The summed E-state index contributed by atoms with van der Waals surface area (Å²) in [7, 11) is -2.05. The van der Waals surface area contributed by atoms with Crippen molar-refractivity contribution in [3.8, 4) is 0 Å². The summed E-state index contributed by atoms with van der Waals surface area (Å²) in [4.78, 5) is 18.0. The molecule has 0 saturated carbocycles. The molecule has 2 heterocycles. The molecule has 3 aromatic rings. The number of hydrogen-bond donors (Lipinski definition) is 1. The number of rotatable bonds is 6. The summed E-state index contributed by atoms with van der Waals surface area (Å²) in [5, 5.41) is 0.562. The van der Waals surface area contributed by atoms with Gasteiger partial charge in [0.15, 0.2) is 0 Å². The van der Waals surface area contributed by atoms with Crippen molar-refractivity contribution in [2.45, 2.75) is 23.8 Å². The average molecular weight is 445 g/mol. The quantitative estimate of drug-likeness (QED) is 0.632. The number of halogens is 1. The molecule has 0 radical (unpaired) electrons. The third-order valence-corrected chi connectivity index (χ3v) is 6.82. The highest BCUT2D eigenvalue weighted by Crippen LogP contribution is 2.27. The van der Waals surface area contributed by atoms with E-state index in [9.17, 15) is 13.2 Å². The summed E-state index contributed by atoms with van der Waals surface area (Å²) >= 11 is 5.99. The lowest BCUT2D eigenvalue weighted by atomic mass is 10.1. The van der Waals surface area contributed by atoms with Gasteiger partial charge in [-0.15, -0.1) is 0 Å². The normalized spacial score (nSPS) is 15.5. The highest BCUT2D eigenvalue weighted by atomic mass is 35.5.